The van der Waals surface area contributed by atoms with Gasteiger partial charge in [0.25, 0.3) is 5.91 Å². The number of amides is 1. The van der Waals surface area contributed by atoms with Crippen molar-refractivity contribution >= 4 is 28.8 Å². The smallest absolute Gasteiger partial charge is 0.265 e. The second-order valence-electron chi connectivity index (χ2n) is 3.37. The van der Waals surface area contributed by atoms with Crippen LogP contribution in [0.15, 0.2) is 6.33 Å². The summed E-state index contributed by atoms with van der Waals surface area (Å²) in [5.74, 6) is -0.195. The zero-order chi connectivity index (χ0) is 12.4. The lowest BCUT2D eigenvalue weighted by Crippen LogP contribution is -2.36. The molecule has 0 aromatic carbocycles. The van der Waals surface area contributed by atoms with Gasteiger partial charge in [0, 0.05) is 0 Å². The fourth-order valence-electron chi connectivity index (χ4n) is 1.32. The molecule has 2 rings (SSSR count). The Labute approximate surface area is 95.4 Å². The zero-order valence-corrected chi connectivity index (χ0v) is 8.93. The van der Waals surface area contributed by atoms with E-state index in [1.807, 2.05) is 0 Å². The second kappa shape index (κ2) is 4.22. The van der Waals surface area contributed by atoms with Gasteiger partial charge in [0.2, 0.25) is 5.95 Å². The number of nitrogens with two attached hydrogens (primary N) is 1. The average molecular weight is 237 g/mol. The molecule has 2 heterocycles. The summed E-state index contributed by atoms with van der Waals surface area (Å²) in [6, 6.07) is -0.680. The molecule has 17 heavy (non-hydrogen) atoms. The van der Waals surface area contributed by atoms with E-state index in [-0.39, 0.29) is 5.95 Å². The first kappa shape index (κ1) is 11.1. The molecule has 90 valence electrons. The van der Waals surface area contributed by atoms with Gasteiger partial charge >= 0.3 is 0 Å². The van der Waals surface area contributed by atoms with Crippen LogP contribution in [0.3, 0.4) is 0 Å². The summed E-state index contributed by atoms with van der Waals surface area (Å²) in [6.45, 7) is 1.56. The first-order valence-corrected chi connectivity index (χ1v) is 4.79. The first-order chi connectivity index (χ1) is 8.11. The highest BCUT2D eigenvalue weighted by Gasteiger charge is 2.15. The van der Waals surface area contributed by atoms with Gasteiger partial charge in [-0.05, 0) is 6.92 Å². The van der Waals surface area contributed by atoms with Crippen molar-refractivity contribution in [3.63, 3.8) is 0 Å². The van der Waals surface area contributed by atoms with Crippen LogP contribution in [0.25, 0.3) is 11.2 Å². The molecule has 0 radical (unpaired) electrons. The van der Waals surface area contributed by atoms with E-state index >= 15 is 0 Å². The summed E-state index contributed by atoms with van der Waals surface area (Å²) in [5.41, 5.74) is 7.98. The number of H-pyrrole nitrogens is 1. The van der Waals surface area contributed by atoms with Gasteiger partial charge in [-0.2, -0.15) is 9.97 Å². The summed E-state index contributed by atoms with van der Waals surface area (Å²) in [4.78, 5) is 25.8. The molecule has 0 aliphatic rings. The number of carbonyl (C=O) groups excluding carboxylic acids is 1. The summed E-state index contributed by atoms with van der Waals surface area (Å²) in [7, 11) is 0. The van der Waals surface area contributed by atoms with Crippen molar-refractivity contribution < 1.29 is 10.0 Å². The SMILES string of the molecule is CC(Nc1nc(N)nc2nc[nH]c12)C(=O)NO. The Morgan fingerprint density at radius 1 is 1.59 bits per heavy atom. The summed E-state index contributed by atoms with van der Waals surface area (Å²) in [5, 5.41) is 11.3. The van der Waals surface area contributed by atoms with Crippen LogP contribution in [-0.2, 0) is 4.79 Å². The maximum atomic E-state index is 11.2. The summed E-state index contributed by atoms with van der Waals surface area (Å²) < 4.78 is 0. The molecule has 0 aliphatic carbocycles. The summed E-state index contributed by atoms with van der Waals surface area (Å²) >= 11 is 0. The minimum atomic E-state index is -0.680. The van der Waals surface area contributed by atoms with E-state index in [1.165, 1.54) is 11.8 Å². The Kier molecular flexibility index (Phi) is 2.75. The van der Waals surface area contributed by atoms with E-state index in [9.17, 15) is 4.79 Å². The number of fused-ring (bicyclic) bond motifs is 1. The molecule has 9 nitrogen and oxygen atoms in total. The van der Waals surface area contributed by atoms with Gasteiger partial charge in [0.1, 0.15) is 11.6 Å². The Bertz CT molecular complexity index is 552. The largest absolute Gasteiger partial charge is 0.368 e. The van der Waals surface area contributed by atoms with E-state index in [0.717, 1.165) is 0 Å². The van der Waals surface area contributed by atoms with Crippen molar-refractivity contribution in [1.82, 2.24) is 25.4 Å². The fraction of sp³-hybridized carbons (Fsp3) is 0.250. The van der Waals surface area contributed by atoms with Crippen LogP contribution in [0.4, 0.5) is 11.8 Å². The number of aromatic nitrogens is 4. The van der Waals surface area contributed by atoms with Crippen LogP contribution in [0.5, 0.6) is 0 Å². The van der Waals surface area contributed by atoms with Gasteiger partial charge in [0.05, 0.1) is 6.33 Å². The molecule has 1 unspecified atom stereocenters. The number of nitrogens with one attached hydrogen (secondary N) is 3. The number of hydrogen-bond acceptors (Lipinski definition) is 7. The van der Waals surface area contributed by atoms with Gasteiger partial charge in [-0.1, -0.05) is 0 Å². The standard InChI is InChI=1S/C8H11N7O2/c1-3(7(16)15-17)12-6-4-5(11-2-10-4)13-8(9)14-6/h2-3,17H,1H3,(H,15,16)(H4,9,10,11,12,13,14). The van der Waals surface area contributed by atoms with Crippen molar-refractivity contribution in [3.8, 4) is 0 Å². The van der Waals surface area contributed by atoms with Gasteiger partial charge in [-0.15, -0.1) is 0 Å². The van der Waals surface area contributed by atoms with Gasteiger partial charge in [0.15, 0.2) is 11.5 Å². The molecule has 0 saturated heterocycles. The number of carbonyl (C=O) groups is 1. The third kappa shape index (κ3) is 2.08. The molecule has 6 N–H and O–H groups in total. The van der Waals surface area contributed by atoms with Crippen LogP contribution in [0.2, 0.25) is 0 Å². The summed E-state index contributed by atoms with van der Waals surface area (Å²) in [6.07, 6.45) is 1.45. The lowest BCUT2D eigenvalue weighted by atomic mass is 10.3. The molecule has 0 spiro atoms. The molecule has 2 aromatic rings. The van der Waals surface area contributed by atoms with Crippen LogP contribution in [0.1, 0.15) is 6.92 Å². The highest BCUT2D eigenvalue weighted by Crippen LogP contribution is 2.17. The number of hydroxylamine groups is 1. The van der Waals surface area contributed by atoms with Crippen molar-refractivity contribution in [1.29, 1.82) is 0 Å². The third-order valence-electron chi connectivity index (χ3n) is 2.16. The predicted molar refractivity (Wildman–Crippen MR) is 59.1 cm³/mol. The number of anilines is 2. The third-order valence-corrected chi connectivity index (χ3v) is 2.16. The van der Waals surface area contributed by atoms with Crippen molar-refractivity contribution in [2.24, 2.45) is 0 Å². The quantitative estimate of drug-likeness (QED) is 0.349. The van der Waals surface area contributed by atoms with Gasteiger partial charge in [-0.25, -0.2) is 10.5 Å². The van der Waals surface area contributed by atoms with Crippen molar-refractivity contribution in [3.05, 3.63) is 6.33 Å². The van der Waals surface area contributed by atoms with E-state index in [0.29, 0.717) is 17.0 Å². The van der Waals surface area contributed by atoms with Crippen LogP contribution in [0, 0.1) is 0 Å². The monoisotopic (exact) mass is 237 g/mol. The lowest BCUT2D eigenvalue weighted by Gasteiger charge is -2.12. The van der Waals surface area contributed by atoms with E-state index in [2.05, 4.69) is 25.3 Å². The molecule has 0 saturated carbocycles. The number of aromatic amines is 1. The minimum absolute atomic E-state index is 0.0451. The minimum Gasteiger partial charge on any atom is -0.368 e. The molecule has 0 aliphatic heterocycles. The molecule has 0 bridgehead atoms. The maximum Gasteiger partial charge on any atom is 0.265 e. The number of rotatable bonds is 3. The Balaban J connectivity index is 2.34. The van der Waals surface area contributed by atoms with Crippen molar-refractivity contribution in [2.45, 2.75) is 13.0 Å². The number of nitrogen functional groups attached to an aromatic ring is 1. The van der Waals surface area contributed by atoms with E-state index in [4.69, 9.17) is 10.9 Å². The molecule has 1 atom stereocenters. The lowest BCUT2D eigenvalue weighted by molar-refractivity contribution is -0.129. The highest BCUT2D eigenvalue weighted by atomic mass is 16.5. The van der Waals surface area contributed by atoms with Crippen LogP contribution >= 0.6 is 0 Å². The number of nitrogens with zero attached hydrogens (tertiary/aromatic N) is 3. The predicted octanol–water partition coefficient (Wildman–Crippen LogP) is -0.759. The first-order valence-electron chi connectivity index (χ1n) is 4.79. The fourth-order valence-corrected chi connectivity index (χ4v) is 1.32. The Hall–Kier alpha value is -2.42. The maximum absolute atomic E-state index is 11.2. The average Bonchev–Trinajstić information content (AvgIpc) is 2.75. The van der Waals surface area contributed by atoms with Crippen LogP contribution in [-0.4, -0.2) is 37.1 Å². The molecule has 2 aromatic heterocycles. The van der Waals surface area contributed by atoms with Crippen LogP contribution < -0.4 is 16.5 Å². The van der Waals surface area contributed by atoms with Gasteiger partial charge in [-0.3, -0.25) is 10.0 Å². The molecular formula is C8H11N7O2. The van der Waals surface area contributed by atoms with E-state index in [1.54, 1.807) is 6.92 Å². The number of imidazole rings is 1. The second-order valence-corrected chi connectivity index (χ2v) is 3.37. The molecule has 1 amide bonds. The van der Waals surface area contributed by atoms with Gasteiger partial charge < -0.3 is 16.0 Å². The van der Waals surface area contributed by atoms with E-state index < -0.39 is 11.9 Å². The molecular weight excluding hydrogens is 226 g/mol. The normalized spacial score (nSPS) is 12.4. The topological polar surface area (TPSA) is 142 Å². The Morgan fingerprint density at radius 2 is 2.35 bits per heavy atom. The zero-order valence-electron chi connectivity index (χ0n) is 8.93. The number of hydrogen-bond donors (Lipinski definition) is 5. The van der Waals surface area contributed by atoms with Crippen molar-refractivity contribution in [2.75, 3.05) is 11.1 Å². The highest BCUT2D eigenvalue weighted by molar-refractivity contribution is 5.88. The molecule has 9 heteroatoms. The Morgan fingerprint density at radius 3 is 3.06 bits per heavy atom. The molecule has 0 fully saturated rings.